The molecule has 0 radical (unpaired) electrons. The highest BCUT2D eigenvalue weighted by Gasteiger charge is 2.25. The van der Waals surface area contributed by atoms with E-state index >= 15 is 0 Å². The Morgan fingerprint density at radius 2 is 1.88 bits per heavy atom. The summed E-state index contributed by atoms with van der Waals surface area (Å²) >= 11 is 3.55. The number of fused-ring (bicyclic) bond motifs is 2. The average molecular weight is 581 g/mol. The van der Waals surface area contributed by atoms with E-state index in [1.54, 1.807) is 36.7 Å². The third kappa shape index (κ3) is 6.22. The Balaban J connectivity index is 1.22. The lowest BCUT2D eigenvalue weighted by Gasteiger charge is -2.36. The monoisotopic (exact) mass is 580 g/mol. The smallest absolute Gasteiger partial charge is 0.250 e. The van der Waals surface area contributed by atoms with E-state index < -0.39 is 0 Å². The van der Waals surface area contributed by atoms with Crippen molar-refractivity contribution in [3.63, 3.8) is 0 Å². The first-order chi connectivity index (χ1) is 19.6. The molecule has 0 bridgehead atoms. The predicted octanol–water partition coefficient (Wildman–Crippen LogP) is 4.64. The topological polar surface area (TPSA) is 79.1 Å². The van der Waals surface area contributed by atoms with Gasteiger partial charge in [0.25, 0.3) is 0 Å². The number of aromatic amines is 1. The molecule has 3 aliphatic heterocycles. The van der Waals surface area contributed by atoms with Crippen molar-refractivity contribution in [2.75, 3.05) is 76.5 Å². The van der Waals surface area contributed by atoms with Crippen LogP contribution in [0, 0.1) is 0 Å². The standard InChI is InChI=1S/C30H36N4O4S2/c1-20-18-38-13-10-34(20)17-22(19-36-2)31-21-6-7-26-28(14-21)39-27-5-3-4-24(30(27)40-26)25-15-23(16-29(35)32-25)33-8-11-37-12-9-33/h3-7,14-16,20,22,31H,8-13,17-19H2,1-2H3,(H,32,35)/t20-,22-/m0/s1. The van der Waals surface area contributed by atoms with Crippen LogP contribution >= 0.6 is 23.5 Å². The molecule has 2 fully saturated rings. The van der Waals surface area contributed by atoms with Crippen LogP contribution in [0.1, 0.15) is 6.92 Å². The van der Waals surface area contributed by atoms with Gasteiger partial charge in [-0.25, -0.2) is 0 Å². The predicted molar refractivity (Wildman–Crippen MR) is 161 cm³/mol. The highest BCUT2D eigenvalue weighted by atomic mass is 32.2. The Kier molecular flexibility index (Phi) is 8.71. The van der Waals surface area contributed by atoms with E-state index in [2.05, 4.69) is 69.5 Å². The van der Waals surface area contributed by atoms with Crippen LogP contribution in [0.25, 0.3) is 11.3 Å². The van der Waals surface area contributed by atoms with Crippen molar-refractivity contribution in [3.8, 4) is 11.3 Å². The number of benzene rings is 2. The van der Waals surface area contributed by atoms with Gasteiger partial charge in [-0.05, 0) is 37.3 Å². The molecule has 2 N–H and O–H groups in total. The number of hydrogen-bond acceptors (Lipinski definition) is 9. The van der Waals surface area contributed by atoms with E-state index in [9.17, 15) is 4.79 Å². The molecule has 3 aliphatic rings. The zero-order chi connectivity index (χ0) is 27.5. The maximum atomic E-state index is 12.7. The van der Waals surface area contributed by atoms with Gasteiger partial charge >= 0.3 is 0 Å². The molecule has 0 spiro atoms. The Labute approximate surface area is 243 Å². The number of morpholine rings is 2. The van der Waals surface area contributed by atoms with Crippen molar-refractivity contribution in [1.82, 2.24) is 9.88 Å². The maximum absolute atomic E-state index is 12.7. The molecule has 2 aromatic carbocycles. The minimum atomic E-state index is -0.0849. The summed E-state index contributed by atoms with van der Waals surface area (Å²) in [5.41, 5.74) is 3.85. The SMILES string of the molecule is COC[C@H](CN1CCOC[C@@H]1C)Nc1ccc2c(c1)Sc1cccc(-c3cc(N4CCOCC4)cc(=O)[nH]3)c1S2. The molecule has 0 unspecified atom stereocenters. The fourth-order valence-corrected chi connectivity index (χ4v) is 7.89. The molecule has 0 aliphatic carbocycles. The summed E-state index contributed by atoms with van der Waals surface area (Å²) in [6, 6.07) is 17.3. The van der Waals surface area contributed by atoms with Gasteiger partial charge in [0.1, 0.15) is 0 Å². The summed E-state index contributed by atoms with van der Waals surface area (Å²) in [7, 11) is 1.76. The van der Waals surface area contributed by atoms with Crippen LogP contribution in [0.15, 0.2) is 72.9 Å². The molecular weight excluding hydrogens is 544 g/mol. The Morgan fingerprint density at radius 3 is 2.70 bits per heavy atom. The number of hydrogen-bond donors (Lipinski definition) is 2. The van der Waals surface area contributed by atoms with Gasteiger partial charge in [0.15, 0.2) is 0 Å². The molecule has 10 heteroatoms. The number of methoxy groups -OCH3 is 1. The molecule has 3 aromatic rings. The number of pyridine rings is 1. The largest absolute Gasteiger partial charge is 0.383 e. The first-order valence-corrected chi connectivity index (χ1v) is 15.5. The zero-order valence-corrected chi connectivity index (χ0v) is 24.6. The fraction of sp³-hybridized carbons (Fsp3) is 0.433. The normalized spacial score (nSPS) is 20.1. The molecule has 0 saturated carbocycles. The quantitative estimate of drug-likeness (QED) is 0.310. The number of rotatable bonds is 8. The minimum Gasteiger partial charge on any atom is -0.383 e. The van der Waals surface area contributed by atoms with Crippen LogP contribution in [0.3, 0.4) is 0 Å². The van der Waals surface area contributed by atoms with E-state index in [0.717, 1.165) is 62.0 Å². The molecule has 1 aromatic heterocycles. The number of ether oxygens (including phenoxy) is 3. The van der Waals surface area contributed by atoms with E-state index in [1.807, 2.05) is 0 Å². The zero-order valence-electron chi connectivity index (χ0n) is 23.0. The molecule has 6 rings (SSSR count). The maximum Gasteiger partial charge on any atom is 0.250 e. The van der Waals surface area contributed by atoms with Crippen molar-refractivity contribution in [1.29, 1.82) is 0 Å². The average Bonchev–Trinajstić information content (AvgIpc) is 2.97. The minimum absolute atomic E-state index is 0.0849. The highest BCUT2D eigenvalue weighted by molar-refractivity contribution is 8.05. The van der Waals surface area contributed by atoms with Crippen molar-refractivity contribution < 1.29 is 14.2 Å². The van der Waals surface area contributed by atoms with Gasteiger partial charge in [0.05, 0.1) is 44.8 Å². The van der Waals surface area contributed by atoms with Crippen LogP contribution in [0.4, 0.5) is 11.4 Å². The molecule has 40 heavy (non-hydrogen) atoms. The second-order valence-corrected chi connectivity index (χ2v) is 12.6. The highest BCUT2D eigenvalue weighted by Crippen LogP contribution is 2.52. The second-order valence-electron chi connectivity index (χ2n) is 10.4. The fourth-order valence-electron chi connectivity index (χ4n) is 5.47. The molecule has 2 saturated heterocycles. The van der Waals surface area contributed by atoms with Gasteiger partial charge in [-0.15, -0.1) is 0 Å². The van der Waals surface area contributed by atoms with Crippen LogP contribution in [-0.2, 0) is 14.2 Å². The van der Waals surface area contributed by atoms with E-state index in [0.29, 0.717) is 25.9 Å². The van der Waals surface area contributed by atoms with Crippen molar-refractivity contribution in [2.45, 2.75) is 38.6 Å². The lowest BCUT2D eigenvalue weighted by atomic mass is 10.1. The number of nitrogens with zero attached hydrogens (tertiary/aromatic N) is 2. The lowest BCUT2D eigenvalue weighted by Crippen LogP contribution is -2.49. The summed E-state index contributed by atoms with van der Waals surface area (Å²) in [6.07, 6.45) is 0. The van der Waals surface area contributed by atoms with Crippen LogP contribution in [0.5, 0.6) is 0 Å². The van der Waals surface area contributed by atoms with Crippen LogP contribution < -0.4 is 15.8 Å². The van der Waals surface area contributed by atoms with Gasteiger partial charge in [-0.1, -0.05) is 35.7 Å². The lowest BCUT2D eigenvalue weighted by molar-refractivity contribution is -0.00507. The number of anilines is 2. The van der Waals surface area contributed by atoms with Gasteiger partial charge in [0.2, 0.25) is 5.56 Å². The molecule has 2 atom stereocenters. The summed E-state index contributed by atoms with van der Waals surface area (Å²) in [4.78, 5) is 25.3. The number of H-pyrrole nitrogens is 1. The van der Waals surface area contributed by atoms with Gasteiger partial charge in [0, 0.05) is 81.9 Å². The molecule has 8 nitrogen and oxygen atoms in total. The van der Waals surface area contributed by atoms with Crippen molar-refractivity contribution in [2.24, 2.45) is 0 Å². The summed E-state index contributed by atoms with van der Waals surface area (Å²) in [6.45, 7) is 9.21. The number of aromatic nitrogens is 1. The molecule has 212 valence electrons. The van der Waals surface area contributed by atoms with E-state index in [1.165, 1.54) is 19.6 Å². The van der Waals surface area contributed by atoms with Gasteiger partial charge in [-0.3, -0.25) is 9.69 Å². The van der Waals surface area contributed by atoms with Crippen molar-refractivity contribution >= 4 is 34.9 Å². The Morgan fingerprint density at radius 1 is 1.02 bits per heavy atom. The first-order valence-electron chi connectivity index (χ1n) is 13.8. The number of nitrogens with one attached hydrogen (secondary N) is 2. The van der Waals surface area contributed by atoms with E-state index in [-0.39, 0.29) is 11.6 Å². The molecular formula is C30H36N4O4S2. The summed E-state index contributed by atoms with van der Waals surface area (Å²) in [5, 5.41) is 3.72. The third-order valence-electron chi connectivity index (χ3n) is 7.55. The Bertz CT molecular complexity index is 1390. The molecule has 4 heterocycles. The van der Waals surface area contributed by atoms with Crippen LogP contribution in [-0.4, -0.2) is 88.3 Å². The summed E-state index contributed by atoms with van der Waals surface area (Å²) < 4.78 is 16.7. The van der Waals surface area contributed by atoms with Gasteiger partial charge in [-0.2, -0.15) is 0 Å². The molecule has 0 amide bonds. The van der Waals surface area contributed by atoms with Crippen molar-refractivity contribution in [3.05, 3.63) is 58.9 Å². The third-order valence-corrected chi connectivity index (χ3v) is 10.1. The van der Waals surface area contributed by atoms with Gasteiger partial charge < -0.3 is 29.4 Å². The first kappa shape index (κ1) is 27.7. The van der Waals surface area contributed by atoms with Crippen LogP contribution in [0.2, 0.25) is 0 Å². The second kappa shape index (κ2) is 12.6. The van der Waals surface area contributed by atoms with E-state index in [4.69, 9.17) is 14.2 Å². The Hall–Kier alpha value is -2.47. The summed E-state index contributed by atoms with van der Waals surface area (Å²) in [5.74, 6) is 0.